The first-order chi connectivity index (χ1) is 16.8. The standard InChI is InChI=1S/C17H20NO4.C6H8O7.Al/c1-18-12-8-9-13(18)15(17(20)21-2)14(10-12)22-16(19)11-6-4-3-5-7-11;7-3(8)1-6(13,5(11)12)2-4(9)10;/h3-7,12-14H,8-10H2,1-2H3;13H,1-2H2,(H,7,8)(H,9,10)(H,11,12);/t12-,13+,14+;;/m1../s1. The lowest BCUT2D eigenvalue weighted by atomic mass is 9.86. The Morgan fingerprint density at radius 1 is 1.06 bits per heavy atom. The van der Waals surface area contributed by atoms with Crippen LogP contribution in [0.2, 0.25) is 4.28 Å². The number of carboxylic acids is 3. The molecule has 2 aliphatic heterocycles. The molecule has 13 heteroatoms. The van der Waals surface area contributed by atoms with Gasteiger partial charge in [-0.3, -0.25) is 14.4 Å². The number of aliphatic hydroxyl groups is 1. The second kappa shape index (κ2) is 11.8. The second-order valence-corrected chi connectivity index (χ2v) is 9.77. The molecule has 0 aliphatic carbocycles. The number of methoxy groups -OCH3 is 1. The first-order valence-corrected chi connectivity index (χ1v) is 11.6. The molecular weight excluding hydrogens is 493 g/mol. The average molecular weight is 521 g/mol. The van der Waals surface area contributed by atoms with Crippen LogP contribution in [0, 0.1) is 0 Å². The molecule has 1 aromatic carbocycles. The first kappa shape index (κ1) is 29.3. The maximum Gasteiger partial charge on any atom is 0.338 e. The fourth-order valence-electron chi connectivity index (χ4n) is 4.60. The summed E-state index contributed by atoms with van der Waals surface area (Å²) in [6.45, 7) is 0. The molecular formula is C23H28AlNO11. The van der Waals surface area contributed by atoms with Crippen LogP contribution in [0.25, 0.3) is 0 Å². The van der Waals surface area contributed by atoms with Crippen molar-refractivity contribution in [1.82, 2.24) is 4.90 Å². The van der Waals surface area contributed by atoms with Gasteiger partial charge in [-0.1, -0.05) is 18.2 Å². The predicted molar refractivity (Wildman–Crippen MR) is 122 cm³/mol. The number of ether oxygens (including phenoxy) is 2. The van der Waals surface area contributed by atoms with Gasteiger partial charge in [-0.2, -0.15) is 0 Å². The van der Waals surface area contributed by atoms with E-state index in [-0.39, 0.29) is 12.0 Å². The van der Waals surface area contributed by atoms with Crippen LogP contribution in [0.3, 0.4) is 0 Å². The van der Waals surface area contributed by atoms with Gasteiger partial charge in [-0.15, -0.1) is 0 Å². The van der Waals surface area contributed by atoms with E-state index >= 15 is 0 Å². The van der Waals surface area contributed by atoms with Crippen LogP contribution < -0.4 is 0 Å². The third-order valence-corrected chi connectivity index (χ3v) is 7.49. The largest absolute Gasteiger partial charge is 0.481 e. The van der Waals surface area contributed by atoms with E-state index in [9.17, 15) is 24.0 Å². The fourth-order valence-corrected chi connectivity index (χ4v) is 5.33. The number of aliphatic carboxylic acids is 3. The van der Waals surface area contributed by atoms with Crippen molar-refractivity contribution in [3.05, 3.63) is 35.9 Å². The number of benzene rings is 1. The zero-order valence-corrected chi connectivity index (χ0v) is 21.0. The Balaban J connectivity index is 0.000000302. The monoisotopic (exact) mass is 521 g/mol. The van der Waals surface area contributed by atoms with E-state index in [0.717, 1.165) is 12.8 Å². The van der Waals surface area contributed by atoms with Crippen molar-refractivity contribution < 1.29 is 53.9 Å². The molecule has 0 aromatic heterocycles. The highest BCUT2D eigenvalue weighted by Gasteiger charge is 2.58. The van der Waals surface area contributed by atoms with Gasteiger partial charge in [0.05, 0.1) is 25.5 Å². The van der Waals surface area contributed by atoms with Gasteiger partial charge in [0.2, 0.25) is 0 Å². The molecule has 0 spiro atoms. The number of hydrogen-bond donors (Lipinski definition) is 4. The lowest BCUT2D eigenvalue weighted by molar-refractivity contribution is -0.170. The number of rotatable bonds is 8. The summed E-state index contributed by atoms with van der Waals surface area (Å²) in [7, 11) is 3.41. The Morgan fingerprint density at radius 3 is 2.08 bits per heavy atom. The Bertz CT molecular complexity index is 985. The summed E-state index contributed by atoms with van der Waals surface area (Å²) in [5.41, 5.74) is -2.24. The molecule has 2 saturated heterocycles. The molecule has 0 unspecified atom stereocenters. The van der Waals surface area contributed by atoms with Gasteiger partial charge in [0, 0.05) is 16.4 Å². The van der Waals surface area contributed by atoms with Gasteiger partial charge in [0.15, 0.2) is 21.9 Å². The lowest BCUT2D eigenvalue weighted by Crippen LogP contribution is -2.58. The minimum Gasteiger partial charge on any atom is -0.481 e. The minimum atomic E-state index is -2.74. The van der Waals surface area contributed by atoms with Crippen molar-refractivity contribution in [2.45, 2.75) is 60.2 Å². The molecule has 3 rings (SSSR count). The van der Waals surface area contributed by atoms with Crippen LogP contribution >= 0.6 is 0 Å². The van der Waals surface area contributed by atoms with Crippen molar-refractivity contribution in [1.29, 1.82) is 0 Å². The number of carbonyl (C=O) groups excluding carboxylic acids is 2. The Kier molecular flexibility index (Phi) is 9.62. The number of esters is 2. The van der Waals surface area contributed by atoms with E-state index in [2.05, 4.69) is 21.2 Å². The summed E-state index contributed by atoms with van der Waals surface area (Å²) in [6.07, 6.45) is -0.235. The van der Waals surface area contributed by atoms with Gasteiger partial charge in [-0.25, -0.2) is 9.59 Å². The van der Waals surface area contributed by atoms with Crippen molar-refractivity contribution in [3.63, 3.8) is 0 Å². The van der Waals surface area contributed by atoms with Crippen LogP contribution in [0.4, 0.5) is 0 Å². The molecule has 4 atom stereocenters. The van der Waals surface area contributed by atoms with Crippen LogP contribution in [-0.4, -0.2) is 109 Å². The van der Waals surface area contributed by atoms with Gasteiger partial charge in [0.25, 0.3) is 0 Å². The highest BCUT2D eigenvalue weighted by molar-refractivity contribution is 6.28. The predicted octanol–water partition coefficient (Wildman–Crippen LogP) is 0.330. The molecule has 194 valence electrons. The number of piperidine rings is 1. The normalized spacial score (nSPS) is 25.1. The Morgan fingerprint density at radius 2 is 1.61 bits per heavy atom. The molecule has 4 N–H and O–H groups in total. The van der Waals surface area contributed by atoms with E-state index < -0.39 is 52.7 Å². The second-order valence-electron chi connectivity index (χ2n) is 8.81. The number of hydrogen-bond acceptors (Lipinski definition) is 9. The fraction of sp³-hybridized carbons (Fsp3) is 0.522. The number of carbonyl (C=O) groups is 5. The summed E-state index contributed by atoms with van der Waals surface area (Å²) >= 11 is 2.63. The van der Waals surface area contributed by atoms with Gasteiger partial charge < -0.3 is 34.8 Å². The van der Waals surface area contributed by atoms with Crippen LogP contribution in [0.5, 0.6) is 0 Å². The Labute approximate surface area is 215 Å². The van der Waals surface area contributed by atoms with Crippen molar-refractivity contribution in [2.75, 3.05) is 14.2 Å². The number of nitrogens with zero attached hydrogens (tertiary/aromatic N) is 1. The van der Waals surface area contributed by atoms with Gasteiger partial charge in [-0.05, 0) is 38.4 Å². The topological polar surface area (TPSA) is 188 Å². The van der Waals surface area contributed by atoms with Crippen LogP contribution in [0.1, 0.15) is 42.5 Å². The number of carboxylic acid groups (broad SMARTS) is 3. The average Bonchev–Trinajstić information content (AvgIpc) is 3.09. The quantitative estimate of drug-likeness (QED) is 0.271. The molecule has 0 saturated carbocycles. The molecule has 0 amide bonds. The summed E-state index contributed by atoms with van der Waals surface area (Å²) < 4.78 is 9.87. The first-order valence-electron chi connectivity index (χ1n) is 11.0. The summed E-state index contributed by atoms with van der Waals surface area (Å²) in [5, 5.41) is 33.8. The van der Waals surface area contributed by atoms with Crippen molar-refractivity contribution in [3.8, 4) is 0 Å². The SMILES string of the molecule is COC(=O)[C@]1([Al])[C@@H](OC(=O)c2ccccc2)C[C@H]2CC[C@@H]1N2C.O=C(O)CC(O)(CC(=O)O)C(=O)O. The third-order valence-electron chi connectivity index (χ3n) is 6.49. The third kappa shape index (κ3) is 6.41. The lowest BCUT2D eigenvalue weighted by Gasteiger charge is -2.49. The summed E-state index contributed by atoms with van der Waals surface area (Å²) in [4.78, 5) is 57.6. The smallest absolute Gasteiger partial charge is 0.338 e. The minimum absolute atomic E-state index is 0.00673. The zero-order valence-electron chi connectivity index (χ0n) is 19.8. The van der Waals surface area contributed by atoms with Crippen LogP contribution in [0.15, 0.2) is 30.3 Å². The molecule has 2 aliphatic rings. The maximum absolute atomic E-state index is 12.5. The van der Waals surface area contributed by atoms with E-state index in [1.165, 1.54) is 7.11 Å². The van der Waals surface area contributed by atoms with E-state index in [1.54, 1.807) is 24.3 Å². The molecule has 12 nitrogen and oxygen atoms in total. The number of fused-ring (bicyclic) bond motifs is 2. The molecule has 2 bridgehead atoms. The van der Waals surface area contributed by atoms with Gasteiger partial charge in [0.1, 0.15) is 6.10 Å². The molecule has 36 heavy (non-hydrogen) atoms. The summed E-state index contributed by atoms with van der Waals surface area (Å²) in [5.74, 6) is -5.75. The van der Waals surface area contributed by atoms with Crippen molar-refractivity contribution in [2.24, 2.45) is 0 Å². The maximum atomic E-state index is 12.5. The molecule has 2 fully saturated rings. The summed E-state index contributed by atoms with van der Waals surface area (Å²) in [6, 6.07) is 9.22. The van der Waals surface area contributed by atoms with E-state index in [4.69, 9.17) is 29.9 Å². The van der Waals surface area contributed by atoms with E-state index in [1.807, 2.05) is 13.1 Å². The highest BCUT2D eigenvalue weighted by Crippen LogP contribution is 2.51. The van der Waals surface area contributed by atoms with Crippen molar-refractivity contribution >= 4 is 46.1 Å². The zero-order chi connectivity index (χ0) is 27.3. The van der Waals surface area contributed by atoms with Gasteiger partial charge >= 0.3 is 29.8 Å². The molecule has 2 radical (unpaired) electrons. The Hall–Kier alpha value is -2.98. The van der Waals surface area contributed by atoms with E-state index in [0.29, 0.717) is 18.0 Å². The van der Waals surface area contributed by atoms with Crippen LogP contribution in [-0.2, 0) is 28.7 Å². The molecule has 2 heterocycles. The highest BCUT2D eigenvalue weighted by atomic mass is 27.0. The molecule has 1 aromatic rings.